The van der Waals surface area contributed by atoms with E-state index in [9.17, 15) is 9.18 Å². The van der Waals surface area contributed by atoms with Crippen LogP contribution >= 0.6 is 0 Å². The molecule has 108 valence electrons. The van der Waals surface area contributed by atoms with Crippen LogP contribution in [0.15, 0.2) is 0 Å². The third-order valence-electron chi connectivity index (χ3n) is 1.94. The Labute approximate surface area is 107 Å². The van der Waals surface area contributed by atoms with Crippen molar-refractivity contribution in [2.75, 3.05) is 60.3 Å². The normalized spacial score (nSPS) is 12.4. The molecule has 0 saturated carbocycles. The third-order valence-corrected chi connectivity index (χ3v) is 1.94. The second kappa shape index (κ2) is 12.7. The molecule has 0 spiro atoms. The van der Waals surface area contributed by atoms with Gasteiger partial charge in [0, 0.05) is 20.2 Å². The van der Waals surface area contributed by atoms with Gasteiger partial charge in [-0.15, -0.1) is 0 Å². The molecule has 1 amide bonds. The Kier molecular flexibility index (Phi) is 12.2. The number of hydrogen-bond donors (Lipinski definition) is 2. The van der Waals surface area contributed by atoms with Gasteiger partial charge < -0.3 is 24.8 Å². The van der Waals surface area contributed by atoms with Crippen molar-refractivity contribution in [2.24, 2.45) is 0 Å². The lowest BCUT2D eigenvalue weighted by Crippen LogP contribution is -2.30. The van der Waals surface area contributed by atoms with E-state index in [0.717, 1.165) is 0 Å². The molecule has 0 aliphatic carbocycles. The topological polar surface area (TPSA) is 68.8 Å². The molecule has 6 nitrogen and oxygen atoms in total. The largest absolute Gasteiger partial charge is 0.377 e. The molecule has 0 heterocycles. The van der Waals surface area contributed by atoms with Gasteiger partial charge in [0.1, 0.15) is 12.8 Å². The lowest BCUT2D eigenvalue weighted by molar-refractivity contribution is -0.125. The van der Waals surface area contributed by atoms with Gasteiger partial charge in [0.25, 0.3) is 0 Å². The summed E-state index contributed by atoms with van der Waals surface area (Å²) in [6, 6.07) is 0. The number of halogens is 1. The summed E-state index contributed by atoms with van der Waals surface area (Å²) in [5.41, 5.74) is 0. The SMILES string of the molecule is CNCC(F)COCCOCCNC(=O)COC. The molecule has 7 heteroatoms. The maximum Gasteiger partial charge on any atom is 0.246 e. The van der Waals surface area contributed by atoms with Crippen LogP contribution in [0.1, 0.15) is 0 Å². The summed E-state index contributed by atoms with van der Waals surface area (Å²) < 4.78 is 27.8. The molecule has 2 N–H and O–H groups in total. The predicted octanol–water partition coefficient (Wildman–Crippen LogP) is -0.660. The first-order valence-corrected chi connectivity index (χ1v) is 5.90. The van der Waals surface area contributed by atoms with E-state index in [2.05, 4.69) is 15.4 Å². The minimum Gasteiger partial charge on any atom is -0.377 e. The molecule has 0 saturated heterocycles. The summed E-state index contributed by atoms with van der Waals surface area (Å²) in [7, 11) is 3.15. The number of alkyl halides is 1. The first-order chi connectivity index (χ1) is 8.70. The molecule has 0 aromatic rings. The Balaban J connectivity index is 3.14. The number of nitrogens with one attached hydrogen (secondary N) is 2. The standard InChI is InChI=1S/C11H23FN2O4/c1-13-7-10(12)8-18-6-5-17-4-3-14-11(15)9-16-2/h10,13H,3-9H2,1-2H3,(H,14,15). The van der Waals surface area contributed by atoms with E-state index < -0.39 is 6.17 Å². The molecule has 1 atom stereocenters. The molecular formula is C11H23FN2O4. The van der Waals surface area contributed by atoms with Crippen molar-refractivity contribution in [3.63, 3.8) is 0 Å². The summed E-state index contributed by atoms with van der Waals surface area (Å²) in [6.07, 6.45) is -0.997. The van der Waals surface area contributed by atoms with E-state index in [0.29, 0.717) is 26.4 Å². The first-order valence-electron chi connectivity index (χ1n) is 5.90. The molecule has 0 fully saturated rings. The van der Waals surface area contributed by atoms with Crippen molar-refractivity contribution in [2.45, 2.75) is 6.17 Å². The maximum absolute atomic E-state index is 12.9. The van der Waals surface area contributed by atoms with E-state index in [-0.39, 0.29) is 25.7 Å². The van der Waals surface area contributed by atoms with Crippen molar-refractivity contribution in [1.82, 2.24) is 10.6 Å². The molecule has 0 aliphatic heterocycles. The molecule has 1 unspecified atom stereocenters. The second-order valence-electron chi connectivity index (χ2n) is 3.63. The van der Waals surface area contributed by atoms with Crippen LogP contribution in [0.4, 0.5) is 4.39 Å². The maximum atomic E-state index is 12.9. The van der Waals surface area contributed by atoms with Gasteiger partial charge in [-0.2, -0.15) is 0 Å². The smallest absolute Gasteiger partial charge is 0.246 e. The zero-order valence-corrected chi connectivity index (χ0v) is 11.0. The predicted molar refractivity (Wildman–Crippen MR) is 65.3 cm³/mol. The average molecular weight is 266 g/mol. The van der Waals surface area contributed by atoms with Gasteiger partial charge in [-0.1, -0.05) is 0 Å². The summed E-state index contributed by atoms with van der Waals surface area (Å²) in [6.45, 7) is 1.94. The number of hydrogen-bond acceptors (Lipinski definition) is 5. The van der Waals surface area contributed by atoms with Gasteiger partial charge in [0.2, 0.25) is 5.91 Å². The Morgan fingerprint density at radius 2 is 2.00 bits per heavy atom. The van der Waals surface area contributed by atoms with Crippen molar-refractivity contribution in [3.8, 4) is 0 Å². The summed E-state index contributed by atoms with van der Waals surface area (Å²) >= 11 is 0. The Morgan fingerprint density at radius 1 is 1.28 bits per heavy atom. The van der Waals surface area contributed by atoms with Gasteiger partial charge in [-0.05, 0) is 7.05 Å². The molecule has 0 bridgehead atoms. The highest BCUT2D eigenvalue weighted by molar-refractivity contribution is 5.77. The molecule has 18 heavy (non-hydrogen) atoms. The number of methoxy groups -OCH3 is 1. The van der Waals surface area contributed by atoms with Gasteiger partial charge in [0.15, 0.2) is 0 Å². The average Bonchev–Trinajstić information content (AvgIpc) is 2.33. The van der Waals surface area contributed by atoms with Crippen molar-refractivity contribution in [1.29, 1.82) is 0 Å². The van der Waals surface area contributed by atoms with Crippen molar-refractivity contribution >= 4 is 5.91 Å². The van der Waals surface area contributed by atoms with Gasteiger partial charge in [0.05, 0.1) is 26.4 Å². The van der Waals surface area contributed by atoms with Gasteiger partial charge >= 0.3 is 0 Å². The van der Waals surface area contributed by atoms with Gasteiger partial charge in [-0.25, -0.2) is 4.39 Å². The van der Waals surface area contributed by atoms with E-state index in [1.807, 2.05) is 0 Å². The molecular weight excluding hydrogens is 243 g/mol. The summed E-state index contributed by atoms with van der Waals surface area (Å²) in [4.78, 5) is 11.0. The van der Waals surface area contributed by atoms with E-state index >= 15 is 0 Å². The fraction of sp³-hybridized carbons (Fsp3) is 0.909. The molecule has 0 aliphatic rings. The van der Waals surface area contributed by atoms with Crippen LogP contribution in [-0.2, 0) is 19.0 Å². The van der Waals surface area contributed by atoms with Gasteiger partial charge in [-0.3, -0.25) is 4.79 Å². The second-order valence-corrected chi connectivity index (χ2v) is 3.63. The first kappa shape index (κ1) is 17.2. The van der Waals surface area contributed by atoms with Crippen LogP contribution in [-0.4, -0.2) is 72.4 Å². The highest BCUT2D eigenvalue weighted by Gasteiger charge is 2.04. The highest BCUT2D eigenvalue weighted by Crippen LogP contribution is 1.90. The van der Waals surface area contributed by atoms with Crippen LogP contribution in [0.5, 0.6) is 0 Å². The van der Waals surface area contributed by atoms with Crippen molar-refractivity contribution in [3.05, 3.63) is 0 Å². The molecule has 0 radical (unpaired) electrons. The Morgan fingerprint density at radius 3 is 2.67 bits per heavy atom. The van der Waals surface area contributed by atoms with E-state index in [1.54, 1.807) is 7.05 Å². The van der Waals surface area contributed by atoms with Crippen LogP contribution in [0.25, 0.3) is 0 Å². The lowest BCUT2D eigenvalue weighted by Gasteiger charge is -2.09. The minimum atomic E-state index is -0.997. The zero-order valence-electron chi connectivity index (χ0n) is 11.0. The number of amides is 1. The number of carbonyl (C=O) groups excluding carboxylic acids is 1. The molecule has 0 aromatic heterocycles. The molecule has 0 aromatic carbocycles. The lowest BCUT2D eigenvalue weighted by atomic mass is 10.4. The Hall–Kier alpha value is -0.760. The summed E-state index contributed by atoms with van der Waals surface area (Å²) in [5.74, 6) is -0.176. The zero-order chi connectivity index (χ0) is 13.6. The fourth-order valence-corrected chi connectivity index (χ4v) is 1.16. The number of carbonyl (C=O) groups is 1. The van der Waals surface area contributed by atoms with E-state index in [4.69, 9.17) is 9.47 Å². The van der Waals surface area contributed by atoms with E-state index in [1.165, 1.54) is 7.11 Å². The van der Waals surface area contributed by atoms with Crippen LogP contribution in [0.2, 0.25) is 0 Å². The summed E-state index contributed by atoms with van der Waals surface area (Å²) in [5, 5.41) is 5.33. The highest BCUT2D eigenvalue weighted by atomic mass is 19.1. The van der Waals surface area contributed by atoms with Crippen LogP contribution in [0, 0.1) is 0 Å². The fourth-order valence-electron chi connectivity index (χ4n) is 1.16. The Bertz CT molecular complexity index is 207. The quantitative estimate of drug-likeness (QED) is 0.459. The molecule has 0 rings (SSSR count). The third kappa shape index (κ3) is 11.7. The number of rotatable bonds is 12. The van der Waals surface area contributed by atoms with Crippen LogP contribution < -0.4 is 10.6 Å². The van der Waals surface area contributed by atoms with Crippen LogP contribution in [0.3, 0.4) is 0 Å². The minimum absolute atomic E-state index is 0.0481. The monoisotopic (exact) mass is 266 g/mol. The van der Waals surface area contributed by atoms with Crippen molar-refractivity contribution < 1.29 is 23.4 Å². The number of ether oxygens (including phenoxy) is 3.